The van der Waals surface area contributed by atoms with Gasteiger partial charge in [0.05, 0.1) is 44.8 Å². The molecule has 2 aromatic carbocycles. The molecule has 0 unspecified atom stereocenters. The van der Waals surface area contributed by atoms with Crippen LogP contribution in [0.15, 0.2) is 55.6 Å². The summed E-state index contributed by atoms with van der Waals surface area (Å²) in [5, 5.41) is 0.509. The molecule has 3 aliphatic rings. The predicted octanol–water partition coefficient (Wildman–Crippen LogP) is 3.20. The van der Waals surface area contributed by atoms with E-state index in [2.05, 4.69) is 0 Å². The molecule has 198 valence electrons. The van der Waals surface area contributed by atoms with Crippen molar-refractivity contribution >= 4 is 33.4 Å². The Bertz CT molecular complexity index is 1790. The fraction of sp³-hybridized carbons (Fsp3) is 0.400. The minimum Gasteiger partial charge on any atom is -0.271 e. The zero-order valence-electron chi connectivity index (χ0n) is 21.4. The number of imide groups is 1. The van der Waals surface area contributed by atoms with E-state index in [1.807, 2.05) is 0 Å². The van der Waals surface area contributed by atoms with E-state index in [1.54, 1.807) is 24.3 Å². The third kappa shape index (κ3) is 3.31. The van der Waals surface area contributed by atoms with Crippen molar-refractivity contribution in [2.75, 3.05) is 0 Å². The van der Waals surface area contributed by atoms with Gasteiger partial charge in [0.2, 0.25) is 0 Å². The molecule has 0 spiro atoms. The maximum absolute atomic E-state index is 13.7. The molecule has 9 heteroatoms. The molecule has 2 saturated carbocycles. The highest BCUT2D eigenvalue weighted by molar-refractivity contribution is 6.21. The van der Waals surface area contributed by atoms with Crippen molar-refractivity contribution in [2.45, 2.75) is 75.9 Å². The average Bonchev–Trinajstić information content (AvgIpc) is 3.47. The number of aromatic nitrogens is 2. The van der Waals surface area contributed by atoms with Gasteiger partial charge in [0.25, 0.3) is 34.1 Å². The van der Waals surface area contributed by atoms with Gasteiger partial charge in [-0.15, -0.1) is 0 Å². The minimum absolute atomic E-state index is 0.0945. The molecule has 4 aromatic rings. The second-order valence-corrected chi connectivity index (χ2v) is 11.1. The fourth-order valence-corrected chi connectivity index (χ4v) is 7.19. The molecule has 0 N–H and O–H groups in total. The molecule has 0 radical (unpaired) electrons. The maximum Gasteiger partial charge on any atom is 0.261 e. The van der Waals surface area contributed by atoms with Gasteiger partial charge in [-0.3, -0.25) is 42.8 Å². The first-order valence-electron chi connectivity index (χ1n) is 13.8. The van der Waals surface area contributed by atoms with Crippen molar-refractivity contribution in [3.63, 3.8) is 0 Å². The highest BCUT2D eigenvalue weighted by Crippen LogP contribution is 2.36. The molecule has 9 nitrogen and oxygen atoms in total. The number of amides is 2. The molecular weight excluding hydrogens is 498 g/mol. The molecule has 0 bridgehead atoms. The van der Waals surface area contributed by atoms with Crippen molar-refractivity contribution in [3.8, 4) is 0 Å². The van der Waals surface area contributed by atoms with Gasteiger partial charge in [-0.05, 0) is 49.9 Å². The minimum atomic E-state index is -0.687. The first kappa shape index (κ1) is 23.9. The fourth-order valence-electron chi connectivity index (χ4n) is 7.19. The summed E-state index contributed by atoms with van der Waals surface area (Å²) < 4.78 is 2.46. The summed E-state index contributed by atoms with van der Waals surface area (Å²) in [6.07, 6.45) is 6.94. The Hall–Kier alpha value is -4.14. The Morgan fingerprint density at radius 3 is 1.46 bits per heavy atom. The van der Waals surface area contributed by atoms with Crippen molar-refractivity contribution < 1.29 is 9.59 Å². The molecule has 2 aliphatic carbocycles. The van der Waals surface area contributed by atoms with E-state index in [0.29, 0.717) is 24.0 Å². The van der Waals surface area contributed by atoms with Crippen LogP contribution in [0.3, 0.4) is 0 Å². The van der Waals surface area contributed by atoms with Gasteiger partial charge in [-0.25, -0.2) is 0 Å². The highest BCUT2D eigenvalue weighted by Gasteiger charge is 2.44. The molecule has 2 aromatic heterocycles. The third-order valence-corrected chi connectivity index (χ3v) is 9.08. The topological polar surface area (TPSA) is 116 Å². The highest BCUT2D eigenvalue weighted by atomic mass is 16.2. The lowest BCUT2D eigenvalue weighted by Crippen LogP contribution is -2.49. The lowest BCUT2D eigenvalue weighted by atomic mass is 9.89. The number of nitrogens with zero attached hydrogens (tertiary/aromatic N) is 3. The van der Waals surface area contributed by atoms with Crippen LogP contribution in [0.4, 0.5) is 0 Å². The van der Waals surface area contributed by atoms with Crippen molar-refractivity contribution in [3.05, 3.63) is 88.9 Å². The molecule has 2 atom stereocenters. The second-order valence-electron chi connectivity index (χ2n) is 11.1. The summed E-state index contributed by atoms with van der Waals surface area (Å²) in [6.45, 7) is 0. The van der Waals surface area contributed by atoms with Gasteiger partial charge < -0.3 is 0 Å². The molecule has 2 amide bonds. The molecule has 1 aliphatic heterocycles. The van der Waals surface area contributed by atoms with Gasteiger partial charge in [-0.2, -0.15) is 0 Å². The van der Waals surface area contributed by atoms with E-state index in [0.717, 1.165) is 49.5 Å². The van der Waals surface area contributed by atoms with Gasteiger partial charge in [0, 0.05) is 6.04 Å². The molecule has 2 fully saturated rings. The van der Waals surface area contributed by atoms with Crippen LogP contribution in [-0.4, -0.2) is 31.9 Å². The van der Waals surface area contributed by atoms with E-state index in [-0.39, 0.29) is 27.6 Å². The van der Waals surface area contributed by atoms with Crippen molar-refractivity contribution in [1.82, 2.24) is 14.0 Å². The van der Waals surface area contributed by atoms with Crippen LogP contribution in [0, 0.1) is 0 Å². The largest absolute Gasteiger partial charge is 0.271 e. The van der Waals surface area contributed by atoms with Crippen molar-refractivity contribution in [1.29, 1.82) is 0 Å². The van der Waals surface area contributed by atoms with Gasteiger partial charge >= 0.3 is 0 Å². The van der Waals surface area contributed by atoms with E-state index in [9.17, 15) is 28.8 Å². The van der Waals surface area contributed by atoms with E-state index in [4.69, 9.17) is 0 Å². The summed E-state index contributed by atoms with van der Waals surface area (Å²) in [4.78, 5) is 81.8. The van der Waals surface area contributed by atoms with Gasteiger partial charge in [-0.1, -0.05) is 44.2 Å². The monoisotopic (exact) mass is 525 g/mol. The summed E-state index contributed by atoms with van der Waals surface area (Å²) in [5.74, 6) is -0.829. The molecular formula is C30H27N3O6. The Morgan fingerprint density at radius 2 is 0.949 bits per heavy atom. The number of fused-ring (bicyclic) bond motifs is 3. The van der Waals surface area contributed by atoms with Crippen LogP contribution in [0.25, 0.3) is 21.5 Å². The Morgan fingerprint density at radius 1 is 0.513 bits per heavy atom. The zero-order chi connectivity index (χ0) is 27.0. The van der Waals surface area contributed by atoms with Crippen LogP contribution in [0.2, 0.25) is 0 Å². The van der Waals surface area contributed by atoms with Gasteiger partial charge in [0.15, 0.2) is 0 Å². The number of hydrogen-bond acceptors (Lipinski definition) is 6. The lowest BCUT2D eigenvalue weighted by molar-refractivity contribution is 0.0477. The Balaban J connectivity index is 1.36. The van der Waals surface area contributed by atoms with Crippen LogP contribution in [0.1, 0.15) is 90.6 Å². The summed E-state index contributed by atoms with van der Waals surface area (Å²) in [6, 6.07) is 7.93. The van der Waals surface area contributed by atoms with Gasteiger partial charge in [0.1, 0.15) is 0 Å². The van der Waals surface area contributed by atoms with E-state index < -0.39 is 46.1 Å². The lowest BCUT2D eigenvalue weighted by Gasteiger charge is -2.36. The number of hydrogen-bond donors (Lipinski definition) is 0. The average molecular weight is 526 g/mol. The van der Waals surface area contributed by atoms with Crippen LogP contribution in [0.5, 0.6) is 0 Å². The summed E-state index contributed by atoms with van der Waals surface area (Å²) >= 11 is 0. The normalized spacial score (nSPS) is 22.3. The Labute approximate surface area is 222 Å². The van der Waals surface area contributed by atoms with E-state index >= 15 is 0 Å². The zero-order valence-corrected chi connectivity index (χ0v) is 21.4. The first-order chi connectivity index (χ1) is 18.9. The quantitative estimate of drug-likeness (QED) is 0.380. The predicted molar refractivity (Wildman–Crippen MR) is 145 cm³/mol. The van der Waals surface area contributed by atoms with Crippen LogP contribution in [-0.2, 0) is 0 Å². The van der Waals surface area contributed by atoms with E-state index in [1.165, 1.54) is 21.6 Å². The molecule has 39 heavy (non-hydrogen) atoms. The third-order valence-electron chi connectivity index (χ3n) is 9.08. The second kappa shape index (κ2) is 8.69. The number of carbonyl (C=O) groups is 2. The van der Waals surface area contributed by atoms with Crippen molar-refractivity contribution in [2.24, 2.45) is 0 Å². The number of benzene rings is 2. The summed E-state index contributed by atoms with van der Waals surface area (Å²) in [7, 11) is 0. The number of carbonyl (C=O) groups excluding carboxylic acids is 2. The summed E-state index contributed by atoms with van der Waals surface area (Å²) in [5.41, 5.74) is -1.28. The smallest absolute Gasteiger partial charge is 0.261 e. The maximum atomic E-state index is 13.7. The number of rotatable bonds is 3. The first-order valence-corrected chi connectivity index (χ1v) is 13.8. The SMILES string of the molecule is O=C1c2ccccc2C(=O)N1[C@@H]1CCCC[C@H]1n1c(=O)c2cc3c(=O)n(C4CCCCC4)c(=O)c3cc2c1=O. The molecule has 7 rings (SSSR count). The van der Waals surface area contributed by atoms with Crippen LogP contribution < -0.4 is 22.2 Å². The Kier molecular flexibility index (Phi) is 5.33. The molecule has 0 saturated heterocycles. The van der Waals surface area contributed by atoms with Crippen LogP contribution >= 0.6 is 0 Å². The molecule has 3 heterocycles. The standard InChI is InChI=1S/C30H27N3O6/c34-25-17-10-4-5-11-18(17)26(35)32(25)23-12-6-7-13-24(23)33-29(38)21-14-19-20(15-22(21)30(33)39)28(37)31(27(19)36)16-8-2-1-3-9-16/h4-5,10-11,14-16,23-24H,1-3,6-9,12-13H2/t23-,24-/m1/s1.